The average molecular weight is 375 g/mol. The first-order chi connectivity index (χ1) is 13.7. The monoisotopic (exact) mass is 375 g/mol. The highest BCUT2D eigenvalue weighted by molar-refractivity contribution is 6.07. The van der Waals surface area contributed by atoms with Crippen molar-refractivity contribution in [3.8, 4) is 0 Å². The van der Waals surface area contributed by atoms with Gasteiger partial charge in [-0.2, -0.15) is 0 Å². The minimum absolute atomic E-state index is 0.0502. The van der Waals surface area contributed by atoms with E-state index in [1.807, 2.05) is 40.1 Å². The standard InChI is InChI=1S/C23H25N3O2/c27-22-14-18(23(28)25-13-10-19(16-25)24-11-3-4-12-24)15-26(22)21-9-5-7-17-6-1-2-8-20(17)21/h1-9,18-19H,10-16H2/t18-,19+/m1/s1. The van der Waals surface area contributed by atoms with Crippen molar-refractivity contribution in [3.63, 3.8) is 0 Å². The van der Waals surface area contributed by atoms with Gasteiger partial charge in [0.05, 0.1) is 11.6 Å². The quantitative estimate of drug-likeness (QED) is 0.775. The minimum Gasteiger partial charge on any atom is -0.341 e. The van der Waals surface area contributed by atoms with E-state index in [9.17, 15) is 9.59 Å². The lowest BCUT2D eigenvalue weighted by Crippen LogP contribution is -2.40. The van der Waals surface area contributed by atoms with Gasteiger partial charge in [-0.25, -0.2) is 0 Å². The van der Waals surface area contributed by atoms with Gasteiger partial charge in [0.15, 0.2) is 0 Å². The van der Waals surface area contributed by atoms with Crippen molar-refractivity contribution < 1.29 is 9.59 Å². The molecule has 0 saturated carbocycles. The Morgan fingerprint density at radius 3 is 2.61 bits per heavy atom. The van der Waals surface area contributed by atoms with Gasteiger partial charge in [-0.15, -0.1) is 0 Å². The van der Waals surface area contributed by atoms with Crippen molar-refractivity contribution in [3.05, 3.63) is 54.6 Å². The molecule has 5 rings (SSSR count). The second kappa shape index (κ2) is 7.06. The summed E-state index contributed by atoms with van der Waals surface area (Å²) in [5.41, 5.74) is 0.917. The van der Waals surface area contributed by atoms with Crippen LogP contribution in [0.3, 0.4) is 0 Å². The highest BCUT2D eigenvalue weighted by atomic mass is 16.2. The third-order valence-corrected chi connectivity index (χ3v) is 6.37. The first-order valence-electron chi connectivity index (χ1n) is 10.2. The zero-order chi connectivity index (χ0) is 19.1. The van der Waals surface area contributed by atoms with E-state index in [1.54, 1.807) is 0 Å². The zero-order valence-corrected chi connectivity index (χ0v) is 16.0. The van der Waals surface area contributed by atoms with Crippen LogP contribution < -0.4 is 4.90 Å². The van der Waals surface area contributed by atoms with Gasteiger partial charge in [-0.1, -0.05) is 48.6 Å². The van der Waals surface area contributed by atoms with E-state index in [0.717, 1.165) is 49.1 Å². The van der Waals surface area contributed by atoms with Gasteiger partial charge in [0, 0.05) is 50.6 Å². The highest BCUT2D eigenvalue weighted by Gasteiger charge is 2.40. The molecule has 2 saturated heterocycles. The van der Waals surface area contributed by atoms with Crippen LogP contribution in [0.25, 0.3) is 10.8 Å². The summed E-state index contributed by atoms with van der Waals surface area (Å²) in [6.07, 6.45) is 5.74. The fraction of sp³-hybridized carbons (Fsp3) is 0.391. The predicted molar refractivity (Wildman–Crippen MR) is 110 cm³/mol. The summed E-state index contributed by atoms with van der Waals surface area (Å²) in [6.45, 7) is 4.06. The molecule has 5 heteroatoms. The van der Waals surface area contributed by atoms with Gasteiger partial charge < -0.3 is 9.80 Å². The molecule has 2 atom stereocenters. The van der Waals surface area contributed by atoms with Gasteiger partial charge in [-0.05, 0) is 17.9 Å². The SMILES string of the molecule is O=C([C@@H]1CC(=O)N(c2cccc3ccccc23)C1)N1CC[C@H](N2CC=CC2)C1. The molecule has 0 N–H and O–H groups in total. The van der Waals surface area contributed by atoms with E-state index in [4.69, 9.17) is 0 Å². The van der Waals surface area contributed by atoms with Crippen LogP contribution in [0.2, 0.25) is 0 Å². The molecule has 0 bridgehead atoms. The van der Waals surface area contributed by atoms with E-state index < -0.39 is 0 Å². The van der Waals surface area contributed by atoms with Crippen LogP contribution >= 0.6 is 0 Å². The number of likely N-dealkylation sites (tertiary alicyclic amines) is 1. The number of anilines is 1. The molecule has 0 radical (unpaired) electrons. The first kappa shape index (κ1) is 17.4. The normalized spacial score (nSPS) is 25.4. The molecule has 2 aromatic rings. The number of fused-ring (bicyclic) bond motifs is 1. The zero-order valence-electron chi connectivity index (χ0n) is 16.0. The molecule has 0 aliphatic carbocycles. The van der Waals surface area contributed by atoms with Gasteiger partial charge in [-0.3, -0.25) is 14.5 Å². The number of carbonyl (C=O) groups excluding carboxylic acids is 2. The van der Waals surface area contributed by atoms with Crippen molar-refractivity contribution in [2.24, 2.45) is 5.92 Å². The molecule has 3 aliphatic rings. The average Bonchev–Trinajstić information content (AvgIpc) is 3.47. The Morgan fingerprint density at radius 1 is 0.964 bits per heavy atom. The van der Waals surface area contributed by atoms with E-state index in [0.29, 0.717) is 19.0 Å². The van der Waals surface area contributed by atoms with Crippen molar-refractivity contribution in [1.82, 2.24) is 9.80 Å². The Hall–Kier alpha value is -2.66. The van der Waals surface area contributed by atoms with Crippen molar-refractivity contribution in [1.29, 1.82) is 0 Å². The third-order valence-electron chi connectivity index (χ3n) is 6.37. The number of nitrogens with zero attached hydrogens (tertiary/aromatic N) is 3. The molecule has 2 amide bonds. The lowest BCUT2D eigenvalue weighted by Gasteiger charge is -2.25. The van der Waals surface area contributed by atoms with E-state index >= 15 is 0 Å². The summed E-state index contributed by atoms with van der Waals surface area (Å²) >= 11 is 0. The van der Waals surface area contributed by atoms with Crippen LogP contribution in [-0.4, -0.2) is 60.4 Å². The molecule has 28 heavy (non-hydrogen) atoms. The molecule has 2 fully saturated rings. The maximum Gasteiger partial charge on any atom is 0.228 e. The Labute approximate surface area is 165 Å². The fourth-order valence-corrected chi connectivity index (χ4v) is 4.84. The summed E-state index contributed by atoms with van der Waals surface area (Å²) in [6, 6.07) is 14.6. The topological polar surface area (TPSA) is 43.9 Å². The molecular formula is C23H25N3O2. The molecule has 0 spiro atoms. The molecule has 2 aromatic carbocycles. The van der Waals surface area contributed by atoms with Crippen molar-refractivity contribution >= 4 is 28.3 Å². The number of hydrogen-bond acceptors (Lipinski definition) is 3. The Bertz CT molecular complexity index is 941. The number of rotatable bonds is 3. The maximum absolute atomic E-state index is 13.1. The van der Waals surface area contributed by atoms with Crippen LogP contribution in [0, 0.1) is 5.92 Å². The summed E-state index contributed by atoms with van der Waals surface area (Å²) in [4.78, 5) is 32.1. The summed E-state index contributed by atoms with van der Waals surface area (Å²) in [5.74, 6) is -0.0399. The number of carbonyl (C=O) groups is 2. The number of hydrogen-bond donors (Lipinski definition) is 0. The third kappa shape index (κ3) is 3.00. The Morgan fingerprint density at radius 2 is 1.75 bits per heavy atom. The van der Waals surface area contributed by atoms with E-state index in [-0.39, 0.29) is 17.7 Å². The van der Waals surface area contributed by atoms with Crippen LogP contribution in [-0.2, 0) is 9.59 Å². The molecule has 3 aliphatic heterocycles. The van der Waals surface area contributed by atoms with Crippen LogP contribution in [0.4, 0.5) is 5.69 Å². The van der Waals surface area contributed by atoms with Crippen molar-refractivity contribution in [2.75, 3.05) is 37.6 Å². The highest BCUT2D eigenvalue weighted by Crippen LogP contribution is 2.33. The largest absolute Gasteiger partial charge is 0.341 e. The molecular weight excluding hydrogens is 350 g/mol. The number of amides is 2. The molecule has 0 unspecified atom stereocenters. The van der Waals surface area contributed by atoms with Gasteiger partial charge in [0.25, 0.3) is 0 Å². The van der Waals surface area contributed by atoms with Gasteiger partial charge >= 0.3 is 0 Å². The Balaban J connectivity index is 1.30. The summed E-state index contributed by atoms with van der Waals surface area (Å²) in [7, 11) is 0. The lowest BCUT2D eigenvalue weighted by molar-refractivity contribution is -0.134. The number of benzene rings is 2. The van der Waals surface area contributed by atoms with Gasteiger partial charge in [0.2, 0.25) is 11.8 Å². The molecule has 0 aromatic heterocycles. The second-order valence-electron chi connectivity index (χ2n) is 8.06. The summed E-state index contributed by atoms with van der Waals surface area (Å²) < 4.78 is 0. The predicted octanol–water partition coefficient (Wildman–Crippen LogP) is 2.67. The first-order valence-corrected chi connectivity index (χ1v) is 10.2. The summed E-state index contributed by atoms with van der Waals surface area (Å²) in [5, 5.41) is 2.18. The maximum atomic E-state index is 13.1. The fourth-order valence-electron chi connectivity index (χ4n) is 4.84. The van der Waals surface area contributed by atoms with E-state index in [1.165, 1.54) is 0 Å². The minimum atomic E-state index is -0.234. The van der Waals surface area contributed by atoms with Crippen LogP contribution in [0.15, 0.2) is 54.6 Å². The smallest absolute Gasteiger partial charge is 0.228 e. The molecule has 5 nitrogen and oxygen atoms in total. The molecule has 144 valence electrons. The molecule has 3 heterocycles. The van der Waals surface area contributed by atoms with Crippen molar-refractivity contribution in [2.45, 2.75) is 18.9 Å². The van der Waals surface area contributed by atoms with E-state index in [2.05, 4.69) is 29.2 Å². The van der Waals surface area contributed by atoms with Crippen LogP contribution in [0.5, 0.6) is 0 Å². The van der Waals surface area contributed by atoms with Gasteiger partial charge in [0.1, 0.15) is 0 Å². The lowest BCUT2D eigenvalue weighted by atomic mass is 10.1. The second-order valence-corrected chi connectivity index (χ2v) is 8.06. The Kier molecular flexibility index (Phi) is 4.40. The van der Waals surface area contributed by atoms with Crippen LogP contribution in [0.1, 0.15) is 12.8 Å².